The van der Waals surface area contributed by atoms with Crippen molar-refractivity contribution >= 4 is 15.8 Å². The molecule has 0 spiro atoms. The number of benzene rings is 2. The van der Waals surface area contributed by atoms with Gasteiger partial charge >= 0.3 is 5.97 Å². The lowest BCUT2D eigenvalue weighted by atomic mass is 10.1. The van der Waals surface area contributed by atoms with Crippen molar-refractivity contribution in [1.82, 2.24) is 0 Å². The zero-order valence-electron chi connectivity index (χ0n) is 11.6. The van der Waals surface area contributed by atoms with Gasteiger partial charge in [-0.05, 0) is 29.7 Å². The molecule has 0 radical (unpaired) electrons. The zero-order valence-corrected chi connectivity index (χ0v) is 12.4. The summed E-state index contributed by atoms with van der Waals surface area (Å²) < 4.78 is 25.1. The first kappa shape index (κ1) is 15.3. The Kier molecular flexibility index (Phi) is 4.43. The summed E-state index contributed by atoms with van der Waals surface area (Å²) in [7, 11) is -3.58. The summed E-state index contributed by atoms with van der Waals surface area (Å²) in [5.41, 5.74) is 1.30. The van der Waals surface area contributed by atoms with Crippen LogP contribution in [0, 0.1) is 0 Å². The van der Waals surface area contributed by atoms with Gasteiger partial charge in [0.15, 0.2) is 9.84 Å². The standard InChI is InChI=1S/C16H16O4S/c1-2-13-8-9-14(16(17)18)10-15(13)21(19,20)11-12-6-4-3-5-7-12/h3-10H,2,11H2,1H3,(H,17,18). The molecule has 2 aromatic carbocycles. The molecule has 0 aromatic heterocycles. The normalized spacial score (nSPS) is 11.3. The van der Waals surface area contributed by atoms with E-state index in [1.165, 1.54) is 12.1 Å². The van der Waals surface area contributed by atoms with Gasteiger partial charge in [0.2, 0.25) is 0 Å². The summed E-state index contributed by atoms with van der Waals surface area (Å²) in [6.45, 7) is 1.84. The maximum Gasteiger partial charge on any atom is 0.335 e. The molecule has 0 unspecified atom stereocenters. The molecule has 0 bridgehead atoms. The summed E-state index contributed by atoms with van der Waals surface area (Å²) in [5.74, 6) is -1.27. The number of aryl methyl sites for hydroxylation is 1. The van der Waals surface area contributed by atoms with E-state index in [2.05, 4.69) is 0 Å². The zero-order chi connectivity index (χ0) is 15.5. The third-order valence-electron chi connectivity index (χ3n) is 3.23. The van der Waals surface area contributed by atoms with Gasteiger partial charge in [-0.15, -0.1) is 0 Å². The molecule has 0 saturated heterocycles. The molecule has 5 heteroatoms. The Morgan fingerprint density at radius 1 is 1.10 bits per heavy atom. The van der Waals surface area contributed by atoms with Crippen LogP contribution >= 0.6 is 0 Å². The van der Waals surface area contributed by atoms with Crippen LogP contribution in [0.1, 0.15) is 28.4 Å². The van der Waals surface area contributed by atoms with E-state index in [4.69, 9.17) is 5.11 Å². The molecular formula is C16H16O4S. The van der Waals surface area contributed by atoms with Crippen LogP contribution in [0.15, 0.2) is 53.4 Å². The molecular weight excluding hydrogens is 288 g/mol. The van der Waals surface area contributed by atoms with E-state index >= 15 is 0 Å². The van der Waals surface area contributed by atoms with E-state index in [0.29, 0.717) is 17.5 Å². The van der Waals surface area contributed by atoms with Gasteiger partial charge in [-0.25, -0.2) is 13.2 Å². The van der Waals surface area contributed by atoms with Crippen molar-refractivity contribution in [2.75, 3.05) is 0 Å². The molecule has 0 fully saturated rings. The first-order valence-electron chi connectivity index (χ1n) is 6.57. The smallest absolute Gasteiger partial charge is 0.335 e. The molecule has 0 saturated carbocycles. The summed E-state index contributed by atoms with van der Waals surface area (Å²) in [6.07, 6.45) is 0.531. The van der Waals surface area contributed by atoms with E-state index in [9.17, 15) is 13.2 Å². The second-order valence-corrected chi connectivity index (χ2v) is 6.68. The highest BCUT2D eigenvalue weighted by Gasteiger charge is 2.20. The summed E-state index contributed by atoms with van der Waals surface area (Å²) in [6, 6.07) is 13.1. The molecule has 2 aromatic rings. The number of carbonyl (C=O) groups is 1. The van der Waals surface area contributed by atoms with Crippen molar-refractivity contribution in [2.45, 2.75) is 24.0 Å². The minimum Gasteiger partial charge on any atom is -0.478 e. The SMILES string of the molecule is CCc1ccc(C(=O)O)cc1S(=O)(=O)Cc1ccccc1. The van der Waals surface area contributed by atoms with Crippen LogP contribution in [0.25, 0.3) is 0 Å². The number of aromatic carboxylic acids is 1. The van der Waals surface area contributed by atoms with Gasteiger partial charge in [0.05, 0.1) is 16.2 Å². The quantitative estimate of drug-likeness (QED) is 0.922. The van der Waals surface area contributed by atoms with E-state index in [-0.39, 0.29) is 16.2 Å². The van der Waals surface area contributed by atoms with E-state index in [1.54, 1.807) is 30.3 Å². The van der Waals surface area contributed by atoms with E-state index in [0.717, 1.165) is 0 Å². The minimum absolute atomic E-state index is 0.0150. The first-order valence-corrected chi connectivity index (χ1v) is 8.22. The van der Waals surface area contributed by atoms with Gasteiger partial charge in [0.1, 0.15) is 0 Å². The Morgan fingerprint density at radius 3 is 2.33 bits per heavy atom. The second-order valence-electron chi connectivity index (χ2n) is 4.73. The topological polar surface area (TPSA) is 71.4 Å². The fourth-order valence-electron chi connectivity index (χ4n) is 2.14. The van der Waals surface area contributed by atoms with Crippen LogP contribution in [0.4, 0.5) is 0 Å². The number of rotatable bonds is 5. The van der Waals surface area contributed by atoms with Crippen LogP contribution in [-0.4, -0.2) is 19.5 Å². The molecule has 0 atom stereocenters. The van der Waals surface area contributed by atoms with Gasteiger partial charge in [0, 0.05) is 0 Å². The molecule has 110 valence electrons. The second kappa shape index (κ2) is 6.10. The van der Waals surface area contributed by atoms with Crippen molar-refractivity contribution in [1.29, 1.82) is 0 Å². The number of carboxylic acid groups (broad SMARTS) is 1. The Bertz CT molecular complexity index is 749. The monoisotopic (exact) mass is 304 g/mol. The number of carboxylic acids is 1. The van der Waals surface area contributed by atoms with Gasteiger partial charge in [0.25, 0.3) is 0 Å². The molecule has 0 aliphatic carbocycles. The van der Waals surface area contributed by atoms with E-state index in [1.807, 2.05) is 13.0 Å². The first-order chi connectivity index (χ1) is 9.94. The third kappa shape index (κ3) is 3.49. The molecule has 0 heterocycles. The lowest BCUT2D eigenvalue weighted by Crippen LogP contribution is -2.10. The summed E-state index contributed by atoms with van der Waals surface area (Å²) >= 11 is 0. The number of hydrogen-bond donors (Lipinski definition) is 1. The predicted molar refractivity (Wildman–Crippen MR) is 80.1 cm³/mol. The number of sulfone groups is 1. The maximum atomic E-state index is 12.6. The number of hydrogen-bond acceptors (Lipinski definition) is 3. The highest BCUT2D eigenvalue weighted by molar-refractivity contribution is 7.90. The lowest BCUT2D eigenvalue weighted by molar-refractivity contribution is 0.0696. The summed E-state index contributed by atoms with van der Waals surface area (Å²) in [4.78, 5) is 11.1. The Balaban J connectivity index is 2.48. The average Bonchev–Trinajstić information content (AvgIpc) is 2.47. The van der Waals surface area contributed by atoms with E-state index < -0.39 is 15.8 Å². The van der Waals surface area contributed by atoms with Crippen molar-refractivity contribution in [3.63, 3.8) is 0 Å². The Morgan fingerprint density at radius 2 is 1.76 bits per heavy atom. The van der Waals surface area contributed by atoms with Crippen molar-refractivity contribution in [3.05, 3.63) is 65.2 Å². The minimum atomic E-state index is -3.58. The van der Waals surface area contributed by atoms with Crippen molar-refractivity contribution < 1.29 is 18.3 Å². The molecule has 2 rings (SSSR count). The predicted octanol–water partition coefficient (Wildman–Crippen LogP) is 2.92. The van der Waals surface area contributed by atoms with Crippen LogP contribution in [0.5, 0.6) is 0 Å². The highest BCUT2D eigenvalue weighted by atomic mass is 32.2. The molecule has 21 heavy (non-hydrogen) atoms. The summed E-state index contributed by atoms with van der Waals surface area (Å²) in [5, 5.41) is 9.03. The largest absolute Gasteiger partial charge is 0.478 e. The molecule has 4 nitrogen and oxygen atoms in total. The van der Waals surface area contributed by atoms with Gasteiger partial charge in [-0.3, -0.25) is 0 Å². The van der Waals surface area contributed by atoms with Gasteiger partial charge in [-0.1, -0.05) is 43.3 Å². The van der Waals surface area contributed by atoms with Gasteiger partial charge < -0.3 is 5.11 Å². The average molecular weight is 304 g/mol. The van der Waals surface area contributed by atoms with Crippen LogP contribution in [0.2, 0.25) is 0 Å². The Hall–Kier alpha value is -2.14. The molecule has 0 aliphatic heterocycles. The lowest BCUT2D eigenvalue weighted by Gasteiger charge is -2.10. The highest BCUT2D eigenvalue weighted by Crippen LogP contribution is 2.23. The molecule has 0 aliphatic rings. The van der Waals surface area contributed by atoms with Crippen LogP contribution in [-0.2, 0) is 22.0 Å². The van der Waals surface area contributed by atoms with Crippen LogP contribution < -0.4 is 0 Å². The van der Waals surface area contributed by atoms with Crippen molar-refractivity contribution in [3.8, 4) is 0 Å². The fraction of sp³-hybridized carbons (Fsp3) is 0.188. The Labute approximate surface area is 124 Å². The van der Waals surface area contributed by atoms with Crippen molar-refractivity contribution in [2.24, 2.45) is 0 Å². The third-order valence-corrected chi connectivity index (χ3v) is 4.99. The molecule has 1 N–H and O–H groups in total. The van der Waals surface area contributed by atoms with Crippen LogP contribution in [0.3, 0.4) is 0 Å². The maximum absolute atomic E-state index is 12.6. The van der Waals surface area contributed by atoms with Gasteiger partial charge in [-0.2, -0.15) is 0 Å². The molecule has 0 amide bonds. The fourth-order valence-corrected chi connectivity index (χ4v) is 3.85.